The highest BCUT2D eigenvalue weighted by atomic mass is 16.6. The van der Waals surface area contributed by atoms with Gasteiger partial charge in [-0.05, 0) is 36.4 Å². The maximum atomic E-state index is 12.7. The number of nitrogens with one attached hydrogen (secondary N) is 1. The van der Waals surface area contributed by atoms with Gasteiger partial charge in [0.1, 0.15) is 13.2 Å². The fraction of sp³-hybridized carbons (Fsp3) is 0.273. The summed E-state index contributed by atoms with van der Waals surface area (Å²) >= 11 is 0. The molecule has 4 heterocycles. The van der Waals surface area contributed by atoms with Gasteiger partial charge in [0, 0.05) is 55.9 Å². The smallest absolute Gasteiger partial charge is 0.321 e. The molecule has 9 nitrogen and oxygen atoms in total. The van der Waals surface area contributed by atoms with Gasteiger partial charge in [-0.25, -0.2) is 4.79 Å². The molecule has 31 heavy (non-hydrogen) atoms. The number of urea groups is 1. The summed E-state index contributed by atoms with van der Waals surface area (Å²) in [6.07, 6.45) is 3.47. The largest absolute Gasteiger partial charge is 0.486 e. The van der Waals surface area contributed by atoms with Crippen LogP contribution in [-0.2, 0) is 0 Å². The standard InChI is InChI=1S/C22H22N6O3/c29-22(24-17-1-3-19-20(15-17)31-14-13-30-19)28-11-9-27(10-12-28)21-4-2-18(25-26-21)16-5-7-23-8-6-16/h1-8,15H,9-14H2,(H,24,29). The lowest BCUT2D eigenvalue weighted by molar-refractivity contribution is 0.171. The Morgan fingerprint density at radius 1 is 0.871 bits per heavy atom. The summed E-state index contributed by atoms with van der Waals surface area (Å²) in [5.74, 6) is 2.17. The maximum absolute atomic E-state index is 12.7. The third kappa shape index (κ3) is 4.20. The Labute approximate surface area is 179 Å². The van der Waals surface area contributed by atoms with Crippen molar-refractivity contribution in [2.24, 2.45) is 0 Å². The zero-order valence-corrected chi connectivity index (χ0v) is 16.9. The van der Waals surface area contributed by atoms with Crippen LogP contribution in [-0.4, -0.2) is 65.5 Å². The molecule has 0 atom stereocenters. The monoisotopic (exact) mass is 418 g/mol. The molecule has 1 fully saturated rings. The molecule has 3 aromatic rings. The van der Waals surface area contributed by atoms with Crippen molar-refractivity contribution in [1.29, 1.82) is 0 Å². The molecule has 0 spiro atoms. The fourth-order valence-corrected chi connectivity index (χ4v) is 3.63. The number of anilines is 2. The quantitative estimate of drug-likeness (QED) is 0.699. The predicted molar refractivity (Wildman–Crippen MR) is 115 cm³/mol. The summed E-state index contributed by atoms with van der Waals surface area (Å²) in [5, 5.41) is 11.6. The van der Waals surface area contributed by atoms with Gasteiger partial charge < -0.3 is 24.6 Å². The Morgan fingerprint density at radius 2 is 1.65 bits per heavy atom. The second kappa shape index (κ2) is 8.47. The minimum Gasteiger partial charge on any atom is -0.486 e. The van der Waals surface area contributed by atoms with Crippen LogP contribution in [0.1, 0.15) is 0 Å². The Morgan fingerprint density at radius 3 is 2.39 bits per heavy atom. The molecule has 0 unspecified atom stereocenters. The van der Waals surface area contributed by atoms with Gasteiger partial charge >= 0.3 is 6.03 Å². The molecule has 2 aromatic heterocycles. The van der Waals surface area contributed by atoms with Gasteiger partial charge in [0.05, 0.1) is 5.69 Å². The second-order valence-corrected chi connectivity index (χ2v) is 7.28. The van der Waals surface area contributed by atoms with Crippen molar-refractivity contribution in [3.05, 3.63) is 54.9 Å². The van der Waals surface area contributed by atoms with Crippen molar-refractivity contribution >= 4 is 17.5 Å². The van der Waals surface area contributed by atoms with Gasteiger partial charge in [-0.15, -0.1) is 10.2 Å². The number of rotatable bonds is 3. The van der Waals surface area contributed by atoms with Gasteiger partial charge in [0.15, 0.2) is 17.3 Å². The summed E-state index contributed by atoms with van der Waals surface area (Å²) in [5.41, 5.74) is 2.48. The van der Waals surface area contributed by atoms with E-state index in [2.05, 4.69) is 25.4 Å². The van der Waals surface area contributed by atoms with Crippen molar-refractivity contribution in [2.45, 2.75) is 0 Å². The fourth-order valence-electron chi connectivity index (χ4n) is 3.63. The topological polar surface area (TPSA) is 92.7 Å². The van der Waals surface area contributed by atoms with E-state index >= 15 is 0 Å². The normalized spacial score (nSPS) is 15.5. The first-order chi connectivity index (χ1) is 15.3. The van der Waals surface area contributed by atoms with E-state index in [1.807, 2.05) is 36.4 Å². The zero-order valence-electron chi connectivity index (χ0n) is 16.9. The number of carbonyl (C=O) groups is 1. The number of amides is 2. The van der Waals surface area contributed by atoms with Crippen molar-refractivity contribution in [3.8, 4) is 22.8 Å². The first kappa shape index (κ1) is 19.1. The van der Waals surface area contributed by atoms with Crippen LogP contribution in [0.25, 0.3) is 11.3 Å². The van der Waals surface area contributed by atoms with Crippen LogP contribution in [0.2, 0.25) is 0 Å². The average Bonchev–Trinajstić information content (AvgIpc) is 2.85. The summed E-state index contributed by atoms with van der Waals surface area (Å²) in [6.45, 7) is 3.64. The molecule has 1 saturated heterocycles. The van der Waals surface area contributed by atoms with Crippen LogP contribution >= 0.6 is 0 Å². The highest BCUT2D eigenvalue weighted by Crippen LogP contribution is 2.32. The maximum Gasteiger partial charge on any atom is 0.321 e. The summed E-state index contributed by atoms with van der Waals surface area (Å²) in [7, 11) is 0. The second-order valence-electron chi connectivity index (χ2n) is 7.28. The van der Waals surface area contributed by atoms with E-state index in [4.69, 9.17) is 9.47 Å². The Hall–Kier alpha value is -3.88. The summed E-state index contributed by atoms with van der Waals surface area (Å²) in [6, 6.07) is 13.0. The van der Waals surface area contributed by atoms with Gasteiger partial charge in [-0.1, -0.05) is 0 Å². The van der Waals surface area contributed by atoms with Crippen LogP contribution in [0.3, 0.4) is 0 Å². The molecule has 0 radical (unpaired) electrons. The first-order valence-electron chi connectivity index (χ1n) is 10.2. The van der Waals surface area contributed by atoms with Gasteiger partial charge in [-0.2, -0.15) is 0 Å². The molecule has 0 aliphatic carbocycles. The molecule has 0 bridgehead atoms. The number of nitrogens with zero attached hydrogens (tertiary/aromatic N) is 5. The molecule has 2 amide bonds. The van der Waals surface area contributed by atoms with Crippen molar-refractivity contribution in [1.82, 2.24) is 20.1 Å². The molecule has 9 heteroatoms. The van der Waals surface area contributed by atoms with Gasteiger partial charge in [0.2, 0.25) is 0 Å². The van der Waals surface area contributed by atoms with E-state index in [-0.39, 0.29) is 6.03 Å². The predicted octanol–water partition coefficient (Wildman–Crippen LogP) is 2.66. The van der Waals surface area contributed by atoms with Crippen molar-refractivity contribution in [3.63, 3.8) is 0 Å². The zero-order chi connectivity index (χ0) is 21.0. The molecule has 158 valence electrons. The SMILES string of the molecule is O=C(Nc1ccc2c(c1)OCCO2)N1CCN(c2ccc(-c3ccncc3)nn2)CC1. The Kier molecular flexibility index (Phi) is 5.22. The molecule has 0 saturated carbocycles. The van der Waals surface area contributed by atoms with E-state index in [9.17, 15) is 4.79 Å². The molecule has 5 rings (SSSR count). The number of hydrogen-bond acceptors (Lipinski definition) is 7. The number of benzene rings is 1. The van der Waals surface area contributed by atoms with Crippen molar-refractivity contribution < 1.29 is 14.3 Å². The molecule has 1 aromatic carbocycles. The third-order valence-electron chi connectivity index (χ3n) is 5.31. The van der Waals surface area contributed by atoms with Gasteiger partial charge in [-0.3, -0.25) is 4.98 Å². The Balaban J connectivity index is 1.17. The highest BCUT2D eigenvalue weighted by molar-refractivity contribution is 5.90. The number of aromatic nitrogens is 3. The minimum atomic E-state index is -0.129. The highest BCUT2D eigenvalue weighted by Gasteiger charge is 2.23. The molecule has 2 aliphatic heterocycles. The number of piperazine rings is 1. The van der Waals surface area contributed by atoms with Crippen LogP contribution in [0.15, 0.2) is 54.9 Å². The van der Waals surface area contributed by atoms with Crippen LogP contribution in [0.5, 0.6) is 11.5 Å². The molecular formula is C22H22N6O3. The van der Waals surface area contributed by atoms with Crippen LogP contribution in [0.4, 0.5) is 16.3 Å². The minimum absolute atomic E-state index is 0.129. The third-order valence-corrected chi connectivity index (χ3v) is 5.31. The summed E-state index contributed by atoms with van der Waals surface area (Å²) < 4.78 is 11.1. The number of fused-ring (bicyclic) bond motifs is 1. The molecule has 2 aliphatic rings. The van der Waals surface area contributed by atoms with E-state index < -0.39 is 0 Å². The number of pyridine rings is 1. The number of hydrogen-bond donors (Lipinski definition) is 1. The number of carbonyl (C=O) groups excluding carboxylic acids is 1. The van der Waals surface area contributed by atoms with E-state index in [1.54, 1.807) is 23.4 Å². The molecule has 1 N–H and O–H groups in total. The summed E-state index contributed by atoms with van der Waals surface area (Å²) in [4.78, 5) is 20.6. The Bertz CT molecular complexity index is 1050. The lowest BCUT2D eigenvalue weighted by atomic mass is 10.2. The first-order valence-corrected chi connectivity index (χ1v) is 10.2. The van der Waals surface area contributed by atoms with E-state index in [0.717, 1.165) is 17.1 Å². The van der Waals surface area contributed by atoms with Gasteiger partial charge in [0.25, 0.3) is 0 Å². The van der Waals surface area contributed by atoms with E-state index in [0.29, 0.717) is 56.6 Å². The average molecular weight is 418 g/mol. The van der Waals surface area contributed by atoms with E-state index in [1.165, 1.54) is 0 Å². The number of ether oxygens (including phenoxy) is 2. The van der Waals surface area contributed by atoms with Crippen LogP contribution < -0.4 is 19.7 Å². The lowest BCUT2D eigenvalue weighted by Gasteiger charge is -2.35. The lowest BCUT2D eigenvalue weighted by Crippen LogP contribution is -2.50. The van der Waals surface area contributed by atoms with Crippen molar-refractivity contribution in [2.75, 3.05) is 49.6 Å². The van der Waals surface area contributed by atoms with Crippen LogP contribution in [0, 0.1) is 0 Å². The molecular weight excluding hydrogens is 396 g/mol.